The summed E-state index contributed by atoms with van der Waals surface area (Å²) in [5, 5.41) is 10.2. The van der Waals surface area contributed by atoms with Crippen molar-refractivity contribution in [3.63, 3.8) is 0 Å². The molecule has 0 saturated heterocycles. The summed E-state index contributed by atoms with van der Waals surface area (Å²) >= 11 is 3.44. The Balaban J connectivity index is 2.09. The van der Waals surface area contributed by atoms with E-state index in [-0.39, 0.29) is 0 Å². The summed E-state index contributed by atoms with van der Waals surface area (Å²) in [5.74, 6) is 0. The van der Waals surface area contributed by atoms with Crippen molar-refractivity contribution >= 4 is 27.3 Å². The zero-order valence-electron chi connectivity index (χ0n) is 11.1. The Morgan fingerprint density at radius 3 is 2.80 bits per heavy atom. The van der Waals surface area contributed by atoms with Crippen molar-refractivity contribution in [2.75, 3.05) is 11.4 Å². The molecule has 0 spiro atoms. The smallest absolute Gasteiger partial charge is 0.101 e. The van der Waals surface area contributed by atoms with Gasteiger partial charge in [0, 0.05) is 17.6 Å². The van der Waals surface area contributed by atoms with Gasteiger partial charge < -0.3 is 4.90 Å². The lowest BCUT2D eigenvalue weighted by Gasteiger charge is -2.32. The number of anilines is 2. The van der Waals surface area contributed by atoms with E-state index in [0.29, 0.717) is 0 Å². The van der Waals surface area contributed by atoms with Crippen LogP contribution in [0.1, 0.15) is 23.1 Å². The second-order valence-corrected chi connectivity index (χ2v) is 5.54. The molecular weight excluding hydrogens is 312 g/mol. The van der Waals surface area contributed by atoms with Crippen LogP contribution in [-0.4, -0.2) is 6.54 Å². The van der Waals surface area contributed by atoms with Crippen LogP contribution in [0.4, 0.5) is 11.4 Å². The number of alkyl halides is 1. The molecule has 1 aliphatic rings. The van der Waals surface area contributed by atoms with Crippen LogP contribution in [0.2, 0.25) is 0 Å². The van der Waals surface area contributed by atoms with E-state index < -0.39 is 0 Å². The number of nitrogens with zero attached hydrogens (tertiary/aromatic N) is 2. The molecule has 0 aromatic heterocycles. The summed E-state index contributed by atoms with van der Waals surface area (Å²) in [6.07, 6.45) is 2.25. The van der Waals surface area contributed by atoms with Crippen LogP contribution < -0.4 is 4.90 Å². The van der Waals surface area contributed by atoms with Crippen molar-refractivity contribution in [1.82, 2.24) is 0 Å². The number of nitriles is 1. The van der Waals surface area contributed by atoms with Gasteiger partial charge in [0.2, 0.25) is 0 Å². The summed E-state index contributed by atoms with van der Waals surface area (Å²) in [6.45, 7) is 0.972. The van der Waals surface area contributed by atoms with Crippen molar-refractivity contribution < 1.29 is 0 Å². The van der Waals surface area contributed by atoms with Gasteiger partial charge in [-0.3, -0.25) is 0 Å². The molecule has 0 amide bonds. The molecule has 20 heavy (non-hydrogen) atoms. The normalized spacial score (nSPS) is 13.7. The third-order valence-electron chi connectivity index (χ3n) is 3.74. The summed E-state index contributed by atoms with van der Waals surface area (Å²) in [5.41, 5.74) is 5.51. The first-order chi connectivity index (χ1) is 9.83. The lowest BCUT2D eigenvalue weighted by molar-refractivity contribution is 0.766. The van der Waals surface area contributed by atoms with Crippen LogP contribution >= 0.6 is 15.9 Å². The van der Waals surface area contributed by atoms with E-state index in [1.807, 2.05) is 6.07 Å². The molecule has 3 rings (SSSR count). The van der Waals surface area contributed by atoms with Crippen molar-refractivity contribution in [3.8, 4) is 6.07 Å². The standard InChI is InChI=1S/C17H15BrN2/c18-11-13-7-8-17(15(10-13)12-19)20-9-3-5-14-4-1-2-6-16(14)20/h1-2,4,6-8,10H,3,5,9,11H2. The lowest BCUT2D eigenvalue weighted by atomic mass is 9.99. The Morgan fingerprint density at radius 1 is 1.15 bits per heavy atom. The molecule has 0 bridgehead atoms. The molecule has 0 unspecified atom stereocenters. The van der Waals surface area contributed by atoms with Gasteiger partial charge in [-0.2, -0.15) is 5.26 Å². The quantitative estimate of drug-likeness (QED) is 0.757. The molecule has 3 heteroatoms. The molecule has 100 valence electrons. The molecule has 0 saturated carbocycles. The Kier molecular flexibility index (Phi) is 3.75. The average Bonchev–Trinajstić information content (AvgIpc) is 2.53. The zero-order chi connectivity index (χ0) is 13.9. The highest BCUT2D eigenvalue weighted by Crippen LogP contribution is 2.35. The number of fused-ring (bicyclic) bond motifs is 1. The number of halogens is 1. The first-order valence-electron chi connectivity index (χ1n) is 6.78. The minimum Gasteiger partial charge on any atom is -0.340 e. The van der Waals surface area contributed by atoms with Crippen LogP contribution in [0.5, 0.6) is 0 Å². The van der Waals surface area contributed by atoms with Crippen molar-refractivity contribution in [1.29, 1.82) is 5.26 Å². The first kappa shape index (κ1) is 13.2. The molecule has 0 atom stereocenters. The van der Waals surface area contributed by atoms with E-state index in [2.05, 4.69) is 63.3 Å². The molecule has 2 aromatic rings. The number of hydrogen-bond acceptors (Lipinski definition) is 2. The molecule has 0 radical (unpaired) electrons. The van der Waals surface area contributed by atoms with E-state index in [4.69, 9.17) is 0 Å². The first-order valence-corrected chi connectivity index (χ1v) is 7.90. The van der Waals surface area contributed by atoms with Gasteiger partial charge in [-0.25, -0.2) is 0 Å². The Labute approximate surface area is 127 Å². The Bertz CT molecular complexity index is 673. The highest BCUT2D eigenvalue weighted by atomic mass is 79.9. The van der Waals surface area contributed by atoms with Crippen molar-refractivity contribution in [2.45, 2.75) is 18.2 Å². The van der Waals surface area contributed by atoms with Gasteiger partial charge in [0.15, 0.2) is 0 Å². The summed E-state index contributed by atoms with van der Waals surface area (Å²) in [6, 6.07) is 16.9. The third-order valence-corrected chi connectivity index (χ3v) is 4.38. The maximum Gasteiger partial charge on any atom is 0.101 e. The average molecular weight is 327 g/mol. The second-order valence-electron chi connectivity index (χ2n) is 4.98. The SMILES string of the molecule is N#Cc1cc(CBr)ccc1N1CCCc2ccccc21. The minimum absolute atomic E-state index is 0.749. The number of para-hydroxylation sites is 1. The number of aryl methyl sites for hydroxylation is 1. The summed E-state index contributed by atoms with van der Waals surface area (Å²) < 4.78 is 0. The molecular formula is C17H15BrN2. The molecule has 2 aromatic carbocycles. The summed E-state index contributed by atoms with van der Waals surface area (Å²) in [4.78, 5) is 2.27. The topological polar surface area (TPSA) is 27.0 Å². The van der Waals surface area contributed by atoms with E-state index in [9.17, 15) is 5.26 Å². The van der Waals surface area contributed by atoms with Gasteiger partial charge in [0.05, 0.1) is 11.3 Å². The highest BCUT2D eigenvalue weighted by molar-refractivity contribution is 9.08. The number of rotatable bonds is 2. The molecule has 0 N–H and O–H groups in total. The van der Waals surface area contributed by atoms with E-state index in [0.717, 1.165) is 41.5 Å². The Morgan fingerprint density at radius 2 is 2.00 bits per heavy atom. The highest BCUT2D eigenvalue weighted by Gasteiger charge is 2.20. The molecule has 0 aliphatic carbocycles. The summed E-state index contributed by atoms with van der Waals surface area (Å²) in [7, 11) is 0. The number of hydrogen-bond donors (Lipinski definition) is 0. The minimum atomic E-state index is 0.749. The fourth-order valence-corrected chi connectivity index (χ4v) is 3.12. The van der Waals surface area contributed by atoms with Gasteiger partial charge >= 0.3 is 0 Å². The number of benzene rings is 2. The van der Waals surface area contributed by atoms with E-state index >= 15 is 0 Å². The maximum absolute atomic E-state index is 9.43. The lowest BCUT2D eigenvalue weighted by Crippen LogP contribution is -2.25. The van der Waals surface area contributed by atoms with E-state index in [1.54, 1.807) is 0 Å². The predicted molar refractivity (Wildman–Crippen MR) is 85.6 cm³/mol. The largest absolute Gasteiger partial charge is 0.340 e. The van der Waals surface area contributed by atoms with Gasteiger partial charge in [0.25, 0.3) is 0 Å². The van der Waals surface area contributed by atoms with Crippen molar-refractivity contribution in [3.05, 3.63) is 59.2 Å². The molecule has 1 heterocycles. The van der Waals surface area contributed by atoms with Crippen molar-refractivity contribution in [2.24, 2.45) is 0 Å². The van der Waals surface area contributed by atoms with Gasteiger partial charge in [0.1, 0.15) is 6.07 Å². The molecule has 0 fully saturated rings. The third kappa shape index (κ3) is 2.32. The van der Waals surface area contributed by atoms with Crippen LogP contribution in [0.3, 0.4) is 0 Å². The predicted octanol–water partition coefficient (Wildman–Crippen LogP) is 4.54. The Hall–Kier alpha value is -1.79. The van der Waals surface area contributed by atoms with Gasteiger partial charge in [-0.1, -0.05) is 40.2 Å². The van der Waals surface area contributed by atoms with Crippen LogP contribution in [0.25, 0.3) is 0 Å². The molecule has 1 aliphatic heterocycles. The van der Waals surface area contributed by atoms with Gasteiger partial charge in [-0.05, 0) is 42.2 Å². The van der Waals surface area contributed by atoms with Gasteiger partial charge in [-0.15, -0.1) is 0 Å². The fraction of sp³-hybridized carbons (Fsp3) is 0.235. The van der Waals surface area contributed by atoms with Crippen LogP contribution in [-0.2, 0) is 11.8 Å². The molecule has 2 nitrogen and oxygen atoms in total. The second kappa shape index (κ2) is 5.68. The van der Waals surface area contributed by atoms with Crippen LogP contribution in [0, 0.1) is 11.3 Å². The van der Waals surface area contributed by atoms with Crippen LogP contribution in [0.15, 0.2) is 42.5 Å². The maximum atomic E-state index is 9.43. The van der Waals surface area contributed by atoms with E-state index in [1.165, 1.54) is 11.3 Å². The fourth-order valence-electron chi connectivity index (χ4n) is 2.78. The zero-order valence-corrected chi connectivity index (χ0v) is 12.7. The monoisotopic (exact) mass is 326 g/mol.